The maximum absolute atomic E-state index is 5.72. The molecule has 0 saturated carbocycles. The number of fused-ring (bicyclic) bond motifs is 1. The molecule has 0 atom stereocenters. The zero-order valence-electron chi connectivity index (χ0n) is 10.8. The van der Waals surface area contributed by atoms with Crippen LogP contribution >= 0.6 is 0 Å². The zero-order chi connectivity index (χ0) is 13.1. The summed E-state index contributed by atoms with van der Waals surface area (Å²) in [6.07, 6.45) is 0.923. The van der Waals surface area contributed by atoms with Crippen LogP contribution in [0.1, 0.15) is 12.0 Å². The van der Waals surface area contributed by atoms with Crippen molar-refractivity contribution >= 4 is 0 Å². The molecule has 3 nitrogen and oxygen atoms in total. The average Bonchev–Trinajstić information content (AvgIpc) is 2.71. The highest BCUT2D eigenvalue weighted by atomic mass is 16.5. The van der Waals surface area contributed by atoms with Crippen molar-refractivity contribution in [3.8, 4) is 22.6 Å². The fourth-order valence-corrected chi connectivity index (χ4v) is 2.22. The van der Waals surface area contributed by atoms with Gasteiger partial charge in [0.2, 0.25) is 0 Å². The van der Waals surface area contributed by atoms with E-state index in [2.05, 4.69) is 18.2 Å². The zero-order valence-corrected chi connectivity index (χ0v) is 10.8. The molecule has 0 fully saturated rings. The molecule has 0 bridgehead atoms. The maximum atomic E-state index is 5.72. The van der Waals surface area contributed by atoms with Gasteiger partial charge in [0.05, 0.1) is 13.2 Å². The van der Waals surface area contributed by atoms with E-state index in [1.807, 2.05) is 24.3 Å². The van der Waals surface area contributed by atoms with Gasteiger partial charge in [0.15, 0.2) is 11.5 Å². The molecule has 0 saturated heterocycles. The van der Waals surface area contributed by atoms with E-state index in [-0.39, 0.29) is 0 Å². The van der Waals surface area contributed by atoms with Gasteiger partial charge in [-0.05, 0) is 34.9 Å². The molecule has 3 rings (SSSR count). The summed E-state index contributed by atoms with van der Waals surface area (Å²) < 4.78 is 11.4. The highest BCUT2D eigenvalue weighted by molar-refractivity contribution is 5.67. The summed E-state index contributed by atoms with van der Waals surface area (Å²) in [7, 11) is 0. The summed E-state index contributed by atoms with van der Waals surface area (Å²) in [5, 5.41) is 0. The lowest BCUT2D eigenvalue weighted by Crippen LogP contribution is -1.97. The van der Waals surface area contributed by atoms with Gasteiger partial charge in [0, 0.05) is 13.0 Å². The van der Waals surface area contributed by atoms with Crippen LogP contribution in [0.15, 0.2) is 42.5 Å². The minimum absolute atomic E-state index is 0.554. The number of rotatable bonds is 2. The second-order valence-electron chi connectivity index (χ2n) is 4.62. The summed E-state index contributed by atoms with van der Waals surface area (Å²) in [6, 6.07) is 14.3. The molecule has 1 aliphatic rings. The van der Waals surface area contributed by atoms with Crippen LogP contribution in [0, 0.1) is 0 Å². The molecule has 0 unspecified atom stereocenters. The van der Waals surface area contributed by atoms with E-state index in [0.29, 0.717) is 13.2 Å². The van der Waals surface area contributed by atoms with E-state index in [4.69, 9.17) is 15.2 Å². The Bertz CT molecular complexity index is 581. The second-order valence-corrected chi connectivity index (χ2v) is 4.62. The van der Waals surface area contributed by atoms with Gasteiger partial charge in [-0.25, -0.2) is 0 Å². The molecule has 3 heteroatoms. The van der Waals surface area contributed by atoms with Crippen LogP contribution in [0.2, 0.25) is 0 Å². The molecule has 2 N–H and O–H groups in total. The quantitative estimate of drug-likeness (QED) is 0.897. The minimum atomic E-state index is 0.554. The number of benzene rings is 2. The molecular weight excluding hydrogens is 238 g/mol. The molecule has 98 valence electrons. The summed E-state index contributed by atoms with van der Waals surface area (Å²) in [6.45, 7) is 1.98. The lowest BCUT2D eigenvalue weighted by Gasteiger charge is -2.10. The molecule has 19 heavy (non-hydrogen) atoms. The van der Waals surface area contributed by atoms with Crippen LogP contribution in [0.4, 0.5) is 0 Å². The molecule has 0 radical (unpaired) electrons. The molecule has 1 aliphatic heterocycles. The van der Waals surface area contributed by atoms with Crippen molar-refractivity contribution in [3.05, 3.63) is 48.0 Å². The first-order valence-corrected chi connectivity index (χ1v) is 6.56. The van der Waals surface area contributed by atoms with Gasteiger partial charge >= 0.3 is 0 Å². The lowest BCUT2D eigenvalue weighted by molar-refractivity contribution is 0.297. The number of ether oxygens (including phenoxy) is 2. The van der Waals surface area contributed by atoms with Gasteiger partial charge < -0.3 is 15.2 Å². The van der Waals surface area contributed by atoms with Crippen molar-refractivity contribution in [1.29, 1.82) is 0 Å². The van der Waals surface area contributed by atoms with Crippen LogP contribution in [-0.2, 0) is 6.54 Å². The van der Waals surface area contributed by atoms with Crippen molar-refractivity contribution in [2.75, 3.05) is 13.2 Å². The Hall–Kier alpha value is -2.00. The molecule has 0 spiro atoms. The van der Waals surface area contributed by atoms with Crippen LogP contribution in [-0.4, -0.2) is 13.2 Å². The predicted octanol–water partition coefficient (Wildman–Crippen LogP) is 2.97. The fraction of sp³-hybridized carbons (Fsp3) is 0.250. The monoisotopic (exact) mass is 255 g/mol. The predicted molar refractivity (Wildman–Crippen MR) is 75.4 cm³/mol. The Balaban J connectivity index is 1.98. The van der Waals surface area contributed by atoms with E-state index in [1.54, 1.807) is 0 Å². The third-order valence-corrected chi connectivity index (χ3v) is 3.24. The van der Waals surface area contributed by atoms with Gasteiger partial charge in [-0.15, -0.1) is 0 Å². The van der Waals surface area contributed by atoms with E-state index >= 15 is 0 Å². The van der Waals surface area contributed by atoms with Crippen molar-refractivity contribution in [3.63, 3.8) is 0 Å². The normalized spacial score (nSPS) is 13.9. The third kappa shape index (κ3) is 2.56. The van der Waals surface area contributed by atoms with Crippen molar-refractivity contribution in [2.24, 2.45) is 5.73 Å². The number of hydrogen-bond donors (Lipinski definition) is 1. The first kappa shape index (κ1) is 12.1. The Kier molecular flexibility index (Phi) is 3.38. The Morgan fingerprint density at radius 2 is 1.68 bits per heavy atom. The van der Waals surface area contributed by atoms with E-state index < -0.39 is 0 Å². The number of nitrogens with two attached hydrogens (primary N) is 1. The molecule has 2 aromatic rings. The molecule has 1 heterocycles. The van der Waals surface area contributed by atoms with E-state index in [9.17, 15) is 0 Å². The van der Waals surface area contributed by atoms with Crippen molar-refractivity contribution in [1.82, 2.24) is 0 Å². The standard InChI is InChI=1S/C16H17NO2/c17-11-12-3-1-4-13(9-12)14-5-6-15-16(10-14)19-8-2-7-18-15/h1,3-6,9-10H,2,7-8,11,17H2. The topological polar surface area (TPSA) is 44.5 Å². The molecule has 0 aliphatic carbocycles. The van der Waals surface area contributed by atoms with E-state index in [0.717, 1.165) is 41.2 Å². The van der Waals surface area contributed by atoms with Gasteiger partial charge in [-0.3, -0.25) is 0 Å². The van der Waals surface area contributed by atoms with Crippen LogP contribution in [0.5, 0.6) is 11.5 Å². The van der Waals surface area contributed by atoms with Crippen LogP contribution in [0.3, 0.4) is 0 Å². The summed E-state index contributed by atoms with van der Waals surface area (Å²) >= 11 is 0. The fourth-order valence-electron chi connectivity index (χ4n) is 2.22. The van der Waals surface area contributed by atoms with Crippen LogP contribution in [0.25, 0.3) is 11.1 Å². The summed E-state index contributed by atoms with van der Waals surface area (Å²) in [4.78, 5) is 0. The van der Waals surface area contributed by atoms with Crippen molar-refractivity contribution < 1.29 is 9.47 Å². The first-order chi connectivity index (χ1) is 9.36. The lowest BCUT2D eigenvalue weighted by atomic mass is 10.0. The maximum Gasteiger partial charge on any atom is 0.161 e. The Morgan fingerprint density at radius 1 is 0.895 bits per heavy atom. The van der Waals surface area contributed by atoms with Crippen molar-refractivity contribution in [2.45, 2.75) is 13.0 Å². The highest BCUT2D eigenvalue weighted by Crippen LogP contribution is 2.34. The SMILES string of the molecule is NCc1cccc(-c2ccc3c(c2)OCCCO3)c1. The molecular formula is C16H17NO2. The second kappa shape index (κ2) is 5.33. The van der Waals surface area contributed by atoms with Gasteiger partial charge in [0.1, 0.15) is 0 Å². The highest BCUT2D eigenvalue weighted by Gasteiger charge is 2.11. The van der Waals surface area contributed by atoms with Gasteiger partial charge in [0.25, 0.3) is 0 Å². The minimum Gasteiger partial charge on any atom is -0.490 e. The van der Waals surface area contributed by atoms with Gasteiger partial charge in [-0.1, -0.05) is 24.3 Å². The molecule has 0 aromatic heterocycles. The molecule has 2 aromatic carbocycles. The number of hydrogen-bond acceptors (Lipinski definition) is 3. The first-order valence-electron chi connectivity index (χ1n) is 6.56. The summed E-state index contributed by atoms with van der Waals surface area (Å²) in [5.74, 6) is 1.66. The van der Waals surface area contributed by atoms with E-state index in [1.165, 1.54) is 0 Å². The average molecular weight is 255 g/mol. The Morgan fingerprint density at radius 3 is 2.53 bits per heavy atom. The summed E-state index contributed by atoms with van der Waals surface area (Å²) in [5.41, 5.74) is 9.09. The molecule has 0 amide bonds. The van der Waals surface area contributed by atoms with Gasteiger partial charge in [-0.2, -0.15) is 0 Å². The van der Waals surface area contributed by atoms with Crippen LogP contribution < -0.4 is 15.2 Å². The smallest absolute Gasteiger partial charge is 0.161 e. The Labute approximate surface area is 113 Å². The third-order valence-electron chi connectivity index (χ3n) is 3.24. The largest absolute Gasteiger partial charge is 0.490 e.